The molecule has 40 heavy (non-hydrogen) atoms. The van der Waals surface area contributed by atoms with Gasteiger partial charge in [0.2, 0.25) is 11.8 Å². The van der Waals surface area contributed by atoms with Crippen LogP contribution in [-0.4, -0.2) is 41.0 Å². The lowest BCUT2D eigenvalue weighted by Crippen LogP contribution is -2.52. The lowest BCUT2D eigenvalue weighted by atomic mass is 9.89. The molecular weight excluding hydrogens is 522 g/mol. The summed E-state index contributed by atoms with van der Waals surface area (Å²) in [6.45, 7) is 4.57. The second-order valence-corrected chi connectivity index (χ2v) is 10.8. The van der Waals surface area contributed by atoms with Gasteiger partial charge in [-0.15, -0.1) is 12.4 Å². The van der Waals surface area contributed by atoms with E-state index in [1.807, 2.05) is 105 Å². The molecule has 0 saturated heterocycles. The highest BCUT2D eigenvalue weighted by Crippen LogP contribution is 2.23. The molecule has 4 unspecified atom stereocenters. The zero-order chi connectivity index (χ0) is 28.2. The molecule has 0 fully saturated rings. The van der Waals surface area contributed by atoms with Gasteiger partial charge in [0.05, 0.1) is 18.2 Å². The van der Waals surface area contributed by atoms with Crippen molar-refractivity contribution in [2.75, 3.05) is 7.05 Å². The number of nitrogens with zero attached hydrogens (tertiary/aromatic N) is 1. The molecule has 0 aliphatic carbocycles. The van der Waals surface area contributed by atoms with E-state index in [9.17, 15) is 14.7 Å². The molecule has 3 rings (SSSR count). The SMILES string of the molecule is CC(C)CC(CC(=O)N(C)Cc1ccccc1)C(=O)NC(C(O)CCc1ccccc1)C(N)c1ccccc1.Cl. The normalized spacial score (nSPS) is 13.9. The number of nitrogens with one attached hydrogen (secondary N) is 1. The Labute approximate surface area is 245 Å². The van der Waals surface area contributed by atoms with Crippen LogP contribution in [0.2, 0.25) is 0 Å². The number of halogens is 1. The smallest absolute Gasteiger partial charge is 0.224 e. The fraction of sp³-hybridized carbons (Fsp3) is 0.394. The molecule has 0 radical (unpaired) electrons. The highest BCUT2D eigenvalue weighted by atomic mass is 35.5. The average molecular weight is 566 g/mol. The summed E-state index contributed by atoms with van der Waals surface area (Å²) in [5.74, 6) is -0.645. The van der Waals surface area contributed by atoms with Crippen molar-refractivity contribution in [1.82, 2.24) is 10.2 Å². The van der Waals surface area contributed by atoms with Crippen LogP contribution in [0.1, 0.15) is 55.8 Å². The van der Waals surface area contributed by atoms with Crippen molar-refractivity contribution in [2.45, 2.75) is 64.3 Å². The Balaban J connectivity index is 0.00000560. The second-order valence-electron chi connectivity index (χ2n) is 10.8. The molecule has 6 nitrogen and oxygen atoms in total. The number of aliphatic hydroxyl groups excluding tert-OH is 1. The van der Waals surface area contributed by atoms with Crippen molar-refractivity contribution in [1.29, 1.82) is 0 Å². The predicted octanol–water partition coefficient (Wildman–Crippen LogP) is 5.30. The van der Waals surface area contributed by atoms with E-state index in [1.54, 1.807) is 11.9 Å². The third kappa shape index (κ3) is 10.4. The largest absolute Gasteiger partial charge is 0.391 e. The minimum atomic E-state index is -0.861. The molecule has 2 amide bonds. The number of hydrogen-bond acceptors (Lipinski definition) is 4. The first-order chi connectivity index (χ1) is 18.7. The van der Waals surface area contributed by atoms with Crippen molar-refractivity contribution in [3.63, 3.8) is 0 Å². The van der Waals surface area contributed by atoms with E-state index >= 15 is 0 Å². The average Bonchev–Trinajstić information content (AvgIpc) is 2.95. The molecule has 3 aromatic rings. The maximum absolute atomic E-state index is 13.7. The van der Waals surface area contributed by atoms with E-state index < -0.39 is 24.1 Å². The molecule has 7 heteroatoms. The van der Waals surface area contributed by atoms with Gasteiger partial charge >= 0.3 is 0 Å². The Bertz CT molecular complexity index is 1150. The number of aryl methyl sites for hydroxylation is 1. The van der Waals surface area contributed by atoms with Crippen LogP contribution in [-0.2, 0) is 22.6 Å². The Kier molecular flexibility index (Phi) is 13.9. The number of carbonyl (C=O) groups is 2. The summed E-state index contributed by atoms with van der Waals surface area (Å²) in [4.78, 5) is 28.5. The van der Waals surface area contributed by atoms with Gasteiger partial charge in [-0.1, -0.05) is 105 Å². The first-order valence-corrected chi connectivity index (χ1v) is 13.8. The molecule has 0 aromatic heterocycles. The van der Waals surface area contributed by atoms with E-state index in [4.69, 9.17) is 5.73 Å². The van der Waals surface area contributed by atoms with Crippen LogP contribution in [0, 0.1) is 11.8 Å². The van der Waals surface area contributed by atoms with E-state index in [0.717, 1.165) is 16.7 Å². The van der Waals surface area contributed by atoms with Crippen LogP contribution in [0.5, 0.6) is 0 Å². The molecule has 0 spiro atoms. The minimum absolute atomic E-state index is 0. The summed E-state index contributed by atoms with van der Waals surface area (Å²) in [6.07, 6.45) is 0.905. The van der Waals surface area contributed by atoms with Gasteiger partial charge in [-0.05, 0) is 41.9 Å². The summed E-state index contributed by atoms with van der Waals surface area (Å²) in [5, 5.41) is 14.3. The summed E-state index contributed by atoms with van der Waals surface area (Å²) >= 11 is 0. The van der Waals surface area contributed by atoms with Crippen LogP contribution in [0.3, 0.4) is 0 Å². The predicted molar refractivity (Wildman–Crippen MR) is 164 cm³/mol. The Morgan fingerprint density at radius 2 is 1.40 bits per heavy atom. The molecule has 4 atom stereocenters. The molecule has 0 bridgehead atoms. The third-order valence-electron chi connectivity index (χ3n) is 7.10. The molecule has 0 aliphatic heterocycles. The van der Waals surface area contributed by atoms with Crippen LogP contribution >= 0.6 is 12.4 Å². The molecule has 0 aliphatic rings. The van der Waals surface area contributed by atoms with Crippen LogP contribution in [0.4, 0.5) is 0 Å². The van der Waals surface area contributed by atoms with Gasteiger partial charge in [0.1, 0.15) is 0 Å². The van der Waals surface area contributed by atoms with Crippen LogP contribution in [0.15, 0.2) is 91.0 Å². The first-order valence-electron chi connectivity index (χ1n) is 13.8. The number of hydrogen-bond donors (Lipinski definition) is 3. The third-order valence-corrected chi connectivity index (χ3v) is 7.10. The molecular formula is C33H44ClN3O3. The number of benzene rings is 3. The lowest BCUT2D eigenvalue weighted by molar-refractivity contribution is -0.136. The van der Waals surface area contributed by atoms with Crippen molar-refractivity contribution in [3.8, 4) is 0 Å². The highest BCUT2D eigenvalue weighted by molar-refractivity contribution is 5.86. The number of aliphatic hydroxyl groups is 1. The summed E-state index contributed by atoms with van der Waals surface area (Å²) in [7, 11) is 1.77. The zero-order valence-corrected chi connectivity index (χ0v) is 24.6. The van der Waals surface area contributed by atoms with Crippen LogP contribution in [0.25, 0.3) is 0 Å². The fourth-order valence-corrected chi connectivity index (χ4v) is 4.89. The summed E-state index contributed by atoms with van der Waals surface area (Å²) in [6, 6.07) is 28.0. The number of rotatable bonds is 14. The van der Waals surface area contributed by atoms with E-state index in [1.165, 1.54) is 0 Å². The molecule has 0 saturated carbocycles. The van der Waals surface area contributed by atoms with Crippen LogP contribution < -0.4 is 11.1 Å². The van der Waals surface area contributed by atoms with Crippen molar-refractivity contribution >= 4 is 24.2 Å². The molecule has 0 heterocycles. The van der Waals surface area contributed by atoms with Gasteiger partial charge in [0.25, 0.3) is 0 Å². The highest BCUT2D eigenvalue weighted by Gasteiger charge is 2.32. The summed E-state index contributed by atoms with van der Waals surface area (Å²) in [5.41, 5.74) is 9.62. The molecule has 216 valence electrons. The van der Waals surface area contributed by atoms with Gasteiger partial charge in [-0.2, -0.15) is 0 Å². The lowest BCUT2D eigenvalue weighted by Gasteiger charge is -2.32. The standard InChI is InChI=1S/C33H43N3O3.ClH/c1-24(2)21-28(22-30(38)36(3)23-26-15-9-5-10-16-26)33(39)35-32(31(34)27-17-11-6-12-18-27)29(37)20-19-25-13-7-4-8-14-25;/h4-18,24,28-29,31-32,37H,19-23,34H2,1-3H3,(H,35,39);1H. The first kappa shape index (κ1) is 33.0. The van der Waals surface area contributed by atoms with E-state index in [2.05, 4.69) is 5.32 Å². The zero-order valence-electron chi connectivity index (χ0n) is 23.8. The number of nitrogens with two attached hydrogens (primary N) is 1. The summed E-state index contributed by atoms with van der Waals surface area (Å²) < 4.78 is 0. The van der Waals surface area contributed by atoms with Crippen molar-refractivity contribution < 1.29 is 14.7 Å². The minimum Gasteiger partial charge on any atom is -0.391 e. The van der Waals surface area contributed by atoms with Gasteiger partial charge < -0.3 is 21.1 Å². The van der Waals surface area contributed by atoms with Gasteiger partial charge in [-0.3, -0.25) is 9.59 Å². The van der Waals surface area contributed by atoms with E-state index in [0.29, 0.717) is 25.8 Å². The van der Waals surface area contributed by atoms with Gasteiger partial charge in [0.15, 0.2) is 0 Å². The Morgan fingerprint density at radius 1 is 0.875 bits per heavy atom. The number of carbonyl (C=O) groups excluding carboxylic acids is 2. The van der Waals surface area contributed by atoms with Crippen molar-refractivity contribution in [2.24, 2.45) is 17.6 Å². The molecule has 4 N–H and O–H groups in total. The fourth-order valence-electron chi connectivity index (χ4n) is 4.89. The molecule has 3 aromatic carbocycles. The number of amides is 2. The van der Waals surface area contributed by atoms with Crippen molar-refractivity contribution in [3.05, 3.63) is 108 Å². The Hall–Kier alpha value is -3.19. The topological polar surface area (TPSA) is 95.7 Å². The van der Waals surface area contributed by atoms with E-state index in [-0.39, 0.29) is 36.6 Å². The van der Waals surface area contributed by atoms with Gasteiger partial charge in [-0.25, -0.2) is 0 Å². The quantitative estimate of drug-likeness (QED) is 0.247. The maximum Gasteiger partial charge on any atom is 0.224 e. The van der Waals surface area contributed by atoms with Gasteiger partial charge in [0, 0.05) is 25.9 Å². The maximum atomic E-state index is 13.7. The Morgan fingerprint density at radius 3 is 1.95 bits per heavy atom. The second kappa shape index (κ2) is 16.8. The monoisotopic (exact) mass is 565 g/mol.